The summed E-state index contributed by atoms with van der Waals surface area (Å²) in [6, 6.07) is 2.00. The molecule has 0 bridgehead atoms. The first-order valence-corrected chi connectivity index (χ1v) is 7.13. The average Bonchev–Trinajstić information content (AvgIpc) is 2.39. The first-order valence-electron chi connectivity index (χ1n) is 7.13. The van der Waals surface area contributed by atoms with Crippen LogP contribution in [0.3, 0.4) is 0 Å². The van der Waals surface area contributed by atoms with Gasteiger partial charge in [-0.2, -0.15) is 4.98 Å². The third kappa shape index (κ3) is 4.90. The van der Waals surface area contributed by atoms with Crippen molar-refractivity contribution in [2.24, 2.45) is 0 Å². The van der Waals surface area contributed by atoms with E-state index >= 15 is 0 Å². The summed E-state index contributed by atoms with van der Waals surface area (Å²) in [5.41, 5.74) is 0. The van der Waals surface area contributed by atoms with E-state index in [2.05, 4.69) is 41.0 Å². The molecule has 18 heavy (non-hydrogen) atoms. The molecule has 1 heterocycles. The van der Waals surface area contributed by atoms with E-state index < -0.39 is 0 Å². The normalized spacial score (nSPS) is 10.4. The van der Waals surface area contributed by atoms with Crippen molar-refractivity contribution in [3.05, 3.63) is 12.3 Å². The fourth-order valence-corrected chi connectivity index (χ4v) is 1.87. The molecule has 4 heteroatoms. The predicted octanol–water partition coefficient (Wildman–Crippen LogP) is 3.32. The summed E-state index contributed by atoms with van der Waals surface area (Å²) in [4.78, 5) is 11.2. The molecule has 1 aromatic heterocycles. The van der Waals surface area contributed by atoms with Gasteiger partial charge in [-0.3, -0.25) is 0 Å². The van der Waals surface area contributed by atoms with Crippen LogP contribution >= 0.6 is 0 Å². The standard InChI is InChI=1S/C14H26N4/c1-4-7-9-15-14-16-10-8-13(17-14)18(11-5-2)12-6-3/h8,10H,4-7,9,11-12H2,1-3H3,(H,15,16,17). The quantitative estimate of drug-likeness (QED) is 0.683. The first-order chi connectivity index (χ1) is 8.81. The zero-order valence-electron chi connectivity index (χ0n) is 11.9. The van der Waals surface area contributed by atoms with Gasteiger partial charge >= 0.3 is 0 Å². The number of hydrogen-bond acceptors (Lipinski definition) is 4. The minimum absolute atomic E-state index is 0.748. The Balaban J connectivity index is 2.65. The van der Waals surface area contributed by atoms with Crippen LogP contribution in [0.15, 0.2) is 12.3 Å². The fourth-order valence-electron chi connectivity index (χ4n) is 1.87. The van der Waals surface area contributed by atoms with Crippen LogP contribution in [0.4, 0.5) is 11.8 Å². The van der Waals surface area contributed by atoms with Crippen LogP contribution in [-0.4, -0.2) is 29.6 Å². The molecule has 0 atom stereocenters. The van der Waals surface area contributed by atoms with Crippen LogP contribution < -0.4 is 10.2 Å². The van der Waals surface area contributed by atoms with E-state index in [0.717, 1.165) is 50.7 Å². The fraction of sp³-hybridized carbons (Fsp3) is 0.714. The van der Waals surface area contributed by atoms with Gasteiger partial charge in [-0.25, -0.2) is 4.98 Å². The second kappa shape index (κ2) is 8.72. The van der Waals surface area contributed by atoms with Crippen molar-refractivity contribution >= 4 is 11.8 Å². The number of aromatic nitrogens is 2. The van der Waals surface area contributed by atoms with Crippen molar-refractivity contribution in [2.75, 3.05) is 29.9 Å². The number of nitrogens with zero attached hydrogens (tertiary/aromatic N) is 3. The Hall–Kier alpha value is -1.32. The predicted molar refractivity (Wildman–Crippen MR) is 78.2 cm³/mol. The Morgan fingerprint density at radius 2 is 1.83 bits per heavy atom. The lowest BCUT2D eigenvalue weighted by Crippen LogP contribution is -2.26. The van der Waals surface area contributed by atoms with Crippen molar-refractivity contribution < 1.29 is 0 Å². The minimum Gasteiger partial charge on any atom is -0.356 e. The minimum atomic E-state index is 0.748. The molecule has 0 unspecified atom stereocenters. The largest absolute Gasteiger partial charge is 0.356 e. The molecular formula is C14H26N4. The second-order valence-corrected chi connectivity index (χ2v) is 4.51. The zero-order valence-corrected chi connectivity index (χ0v) is 11.9. The van der Waals surface area contributed by atoms with Crippen LogP contribution in [0.2, 0.25) is 0 Å². The van der Waals surface area contributed by atoms with Gasteiger partial charge in [-0.1, -0.05) is 27.2 Å². The molecule has 1 aromatic rings. The van der Waals surface area contributed by atoms with E-state index in [1.165, 1.54) is 6.42 Å². The van der Waals surface area contributed by atoms with Gasteiger partial charge in [0.05, 0.1) is 0 Å². The molecule has 0 saturated carbocycles. The maximum Gasteiger partial charge on any atom is 0.224 e. The molecule has 0 radical (unpaired) electrons. The van der Waals surface area contributed by atoms with Crippen LogP contribution in [0, 0.1) is 0 Å². The van der Waals surface area contributed by atoms with E-state index in [1.54, 1.807) is 0 Å². The molecule has 1 N–H and O–H groups in total. The van der Waals surface area contributed by atoms with Crippen molar-refractivity contribution in [3.63, 3.8) is 0 Å². The topological polar surface area (TPSA) is 41.1 Å². The molecule has 0 aliphatic heterocycles. The number of unbranched alkanes of at least 4 members (excludes halogenated alkanes) is 1. The summed E-state index contributed by atoms with van der Waals surface area (Å²) in [6.07, 6.45) is 6.46. The van der Waals surface area contributed by atoms with E-state index in [-0.39, 0.29) is 0 Å². The summed E-state index contributed by atoms with van der Waals surface area (Å²) in [7, 11) is 0. The molecule has 1 rings (SSSR count). The van der Waals surface area contributed by atoms with Crippen LogP contribution in [0.1, 0.15) is 46.5 Å². The highest BCUT2D eigenvalue weighted by Gasteiger charge is 2.06. The Morgan fingerprint density at radius 3 is 2.44 bits per heavy atom. The van der Waals surface area contributed by atoms with Gasteiger partial charge < -0.3 is 10.2 Å². The van der Waals surface area contributed by atoms with Crippen molar-refractivity contribution in [1.29, 1.82) is 0 Å². The number of rotatable bonds is 9. The summed E-state index contributed by atoms with van der Waals surface area (Å²) in [6.45, 7) is 9.64. The van der Waals surface area contributed by atoms with Crippen molar-refractivity contribution in [1.82, 2.24) is 9.97 Å². The Labute approximate surface area is 111 Å². The van der Waals surface area contributed by atoms with E-state index in [1.807, 2.05) is 12.3 Å². The highest BCUT2D eigenvalue weighted by Crippen LogP contribution is 2.13. The smallest absolute Gasteiger partial charge is 0.224 e. The van der Waals surface area contributed by atoms with Gasteiger partial charge in [-0.15, -0.1) is 0 Å². The molecule has 102 valence electrons. The van der Waals surface area contributed by atoms with Crippen molar-refractivity contribution in [2.45, 2.75) is 46.5 Å². The van der Waals surface area contributed by atoms with E-state index in [4.69, 9.17) is 0 Å². The van der Waals surface area contributed by atoms with E-state index in [0.29, 0.717) is 0 Å². The van der Waals surface area contributed by atoms with Gasteiger partial charge in [0.1, 0.15) is 5.82 Å². The molecule has 0 aromatic carbocycles. The average molecular weight is 250 g/mol. The van der Waals surface area contributed by atoms with Gasteiger partial charge in [-0.05, 0) is 25.3 Å². The Kier molecular flexibility index (Phi) is 7.14. The van der Waals surface area contributed by atoms with Gasteiger partial charge in [0.25, 0.3) is 0 Å². The lowest BCUT2D eigenvalue weighted by Gasteiger charge is -2.22. The van der Waals surface area contributed by atoms with Gasteiger partial charge in [0.15, 0.2) is 0 Å². The third-order valence-corrected chi connectivity index (χ3v) is 2.77. The lowest BCUT2D eigenvalue weighted by atomic mass is 10.3. The second-order valence-electron chi connectivity index (χ2n) is 4.51. The Bertz CT molecular complexity index is 321. The van der Waals surface area contributed by atoms with Crippen LogP contribution in [0.25, 0.3) is 0 Å². The molecule has 0 amide bonds. The number of nitrogens with one attached hydrogen (secondary N) is 1. The zero-order chi connectivity index (χ0) is 13.2. The lowest BCUT2D eigenvalue weighted by molar-refractivity contribution is 0.732. The summed E-state index contributed by atoms with van der Waals surface area (Å²) >= 11 is 0. The summed E-state index contributed by atoms with van der Waals surface area (Å²) in [5, 5.41) is 3.28. The number of hydrogen-bond donors (Lipinski definition) is 1. The molecule has 0 aliphatic carbocycles. The highest BCUT2D eigenvalue weighted by atomic mass is 15.2. The first kappa shape index (κ1) is 14.7. The summed E-state index contributed by atoms with van der Waals surface area (Å²) in [5.74, 6) is 1.78. The van der Waals surface area contributed by atoms with Crippen LogP contribution in [-0.2, 0) is 0 Å². The number of anilines is 2. The monoisotopic (exact) mass is 250 g/mol. The molecule has 0 aliphatic rings. The molecule has 0 spiro atoms. The highest BCUT2D eigenvalue weighted by molar-refractivity contribution is 5.42. The Morgan fingerprint density at radius 1 is 1.11 bits per heavy atom. The SMILES string of the molecule is CCCCNc1nccc(N(CCC)CCC)n1. The molecule has 4 nitrogen and oxygen atoms in total. The van der Waals surface area contributed by atoms with Gasteiger partial charge in [0.2, 0.25) is 5.95 Å². The maximum absolute atomic E-state index is 4.59. The van der Waals surface area contributed by atoms with Gasteiger partial charge in [0, 0.05) is 25.8 Å². The van der Waals surface area contributed by atoms with Crippen molar-refractivity contribution in [3.8, 4) is 0 Å². The van der Waals surface area contributed by atoms with Crippen LogP contribution in [0.5, 0.6) is 0 Å². The molecule has 0 fully saturated rings. The molecule has 0 saturated heterocycles. The maximum atomic E-state index is 4.59. The molecular weight excluding hydrogens is 224 g/mol. The third-order valence-electron chi connectivity index (χ3n) is 2.77. The summed E-state index contributed by atoms with van der Waals surface area (Å²) < 4.78 is 0. The van der Waals surface area contributed by atoms with E-state index in [9.17, 15) is 0 Å².